The van der Waals surface area contributed by atoms with E-state index >= 15 is 0 Å². The van der Waals surface area contributed by atoms with Gasteiger partial charge in [-0.1, -0.05) is 39.0 Å². The molecule has 0 amide bonds. The molecule has 1 aromatic carbocycles. The van der Waals surface area contributed by atoms with E-state index < -0.39 is 7.63 Å². The topological polar surface area (TPSA) is 9.23 Å². The maximum absolute atomic E-state index is 6.49. The lowest BCUT2D eigenvalue weighted by molar-refractivity contribution is 0.549. The molecule has 84 valence electrons. The largest absolute Gasteiger partial charge is 0.529 e. The summed E-state index contributed by atoms with van der Waals surface area (Å²) in [6.07, 6.45) is 0.991. The molecule has 1 rings (SSSR count). The summed E-state index contributed by atoms with van der Waals surface area (Å²) in [7, 11) is -2.01. The molecule has 1 nitrogen and oxygen atoms in total. The Morgan fingerprint density at radius 3 is 2.27 bits per heavy atom. The van der Waals surface area contributed by atoms with Gasteiger partial charge in [0.05, 0.1) is 0 Å². The molecule has 0 aromatic heterocycles. The molecule has 0 aliphatic carbocycles. The van der Waals surface area contributed by atoms with Crippen molar-refractivity contribution in [3.05, 3.63) is 29.8 Å². The highest BCUT2D eigenvalue weighted by atomic mass is 35.6. The van der Waals surface area contributed by atoms with Crippen LogP contribution in [0, 0.1) is 0 Å². The van der Waals surface area contributed by atoms with Gasteiger partial charge in [0.15, 0.2) is 0 Å². The predicted octanol–water partition coefficient (Wildman–Crippen LogP) is 4.35. The standard InChI is InChI=1S/C12H19ClOSi/c1-4-11-9-7-8-10-12(11)14-15(13,5-2)6-3/h7-10H,4-6H2,1-3H3. The highest BCUT2D eigenvalue weighted by molar-refractivity contribution is 7.17. The van der Waals surface area contributed by atoms with E-state index in [0.29, 0.717) is 0 Å². The SMILES string of the molecule is CCc1ccccc1O[Si](Cl)(CC)CC. The lowest BCUT2D eigenvalue weighted by Crippen LogP contribution is -2.33. The molecule has 0 unspecified atom stereocenters. The van der Waals surface area contributed by atoms with Gasteiger partial charge in [0.25, 0.3) is 0 Å². The Balaban J connectivity index is 2.87. The van der Waals surface area contributed by atoms with Gasteiger partial charge in [-0.25, -0.2) is 0 Å². The van der Waals surface area contributed by atoms with Crippen molar-refractivity contribution in [3.8, 4) is 5.75 Å². The fraction of sp³-hybridized carbons (Fsp3) is 0.500. The van der Waals surface area contributed by atoms with Crippen LogP contribution in [0.25, 0.3) is 0 Å². The maximum Gasteiger partial charge on any atom is 0.347 e. The van der Waals surface area contributed by atoms with Gasteiger partial charge in [-0.2, -0.15) is 0 Å². The van der Waals surface area contributed by atoms with Crippen LogP contribution in [0.5, 0.6) is 5.75 Å². The number of hydrogen-bond acceptors (Lipinski definition) is 1. The number of hydrogen-bond donors (Lipinski definition) is 0. The van der Waals surface area contributed by atoms with Crippen LogP contribution in [-0.2, 0) is 6.42 Å². The number of rotatable bonds is 5. The van der Waals surface area contributed by atoms with E-state index in [0.717, 1.165) is 24.3 Å². The molecule has 3 heteroatoms. The van der Waals surface area contributed by atoms with Crippen molar-refractivity contribution in [1.29, 1.82) is 0 Å². The van der Waals surface area contributed by atoms with Gasteiger partial charge in [0, 0.05) is 0 Å². The predicted molar refractivity (Wildman–Crippen MR) is 69.0 cm³/mol. The molecule has 0 saturated heterocycles. The maximum atomic E-state index is 6.49. The van der Waals surface area contributed by atoms with E-state index in [1.54, 1.807) is 0 Å². The minimum Gasteiger partial charge on any atom is -0.529 e. The fourth-order valence-electron chi connectivity index (χ4n) is 1.49. The first-order valence-electron chi connectivity index (χ1n) is 5.61. The second kappa shape index (κ2) is 5.57. The monoisotopic (exact) mass is 242 g/mol. The van der Waals surface area contributed by atoms with Crippen LogP contribution in [-0.4, -0.2) is 7.63 Å². The molecule has 0 radical (unpaired) electrons. The molecular weight excluding hydrogens is 224 g/mol. The van der Waals surface area contributed by atoms with Gasteiger partial charge in [0.1, 0.15) is 5.75 Å². The molecule has 0 heterocycles. The highest BCUT2D eigenvalue weighted by Crippen LogP contribution is 2.28. The van der Waals surface area contributed by atoms with Gasteiger partial charge in [-0.15, -0.1) is 11.1 Å². The molecule has 0 bridgehead atoms. The van der Waals surface area contributed by atoms with Gasteiger partial charge in [-0.05, 0) is 30.1 Å². The summed E-state index contributed by atoms with van der Waals surface area (Å²) in [6.45, 7) is 6.35. The van der Waals surface area contributed by atoms with E-state index in [-0.39, 0.29) is 0 Å². The van der Waals surface area contributed by atoms with E-state index in [1.165, 1.54) is 5.56 Å². The molecule has 0 atom stereocenters. The Kier molecular flexibility index (Phi) is 4.67. The van der Waals surface area contributed by atoms with E-state index in [1.807, 2.05) is 18.2 Å². The molecular formula is C12H19ClOSi. The van der Waals surface area contributed by atoms with Gasteiger partial charge >= 0.3 is 7.63 Å². The smallest absolute Gasteiger partial charge is 0.347 e. The summed E-state index contributed by atoms with van der Waals surface area (Å²) < 4.78 is 6.03. The Bertz CT molecular complexity index is 310. The van der Waals surface area contributed by atoms with Gasteiger partial charge in [-0.3, -0.25) is 0 Å². The fourth-order valence-corrected chi connectivity index (χ4v) is 3.12. The van der Waals surface area contributed by atoms with Crippen molar-refractivity contribution in [2.75, 3.05) is 0 Å². The average molecular weight is 243 g/mol. The third-order valence-electron chi connectivity index (χ3n) is 2.70. The summed E-state index contributed by atoms with van der Waals surface area (Å²) in [6, 6.07) is 10.1. The van der Waals surface area contributed by atoms with E-state index in [9.17, 15) is 0 Å². The Hall–Kier alpha value is -0.473. The molecule has 0 aliphatic rings. The molecule has 0 aliphatic heterocycles. The summed E-state index contributed by atoms with van der Waals surface area (Å²) >= 11 is 6.49. The number of halogens is 1. The second-order valence-electron chi connectivity index (χ2n) is 3.65. The molecule has 0 fully saturated rings. The number of para-hydroxylation sites is 1. The van der Waals surface area contributed by atoms with Crippen molar-refractivity contribution in [3.63, 3.8) is 0 Å². The third-order valence-corrected chi connectivity index (χ3v) is 7.23. The van der Waals surface area contributed by atoms with Crippen LogP contribution in [0.1, 0.15) is 26.3 Å². The molecule has 0 N–H and O–H groups in total. The van der Waals surface area contributed by atoms with Crippen molar-refractivity contribution < 1.29 is 4.43 Å². The van der Waals surface area contributed by atoms with Crippen molar-refractivity contribution in [2.45, 2.75) is 39.3 Å². The van der Waals surface area contributed by atoms with Crippen LogP contribution in [0.4, 0.5) is 0 Å². The Labute approximate surface area is 98.2 Å². The normalized spacial score (nSPS) is 11.5. The zero-order chi connectivity index (χ0) is 11.3. The van der Waals surface area contributed by atoms with Crippen molar-refractivity contribution >= 4 is 18.7 Å². The Morgan fingerprint density at radius 2 is 1.73 bits per heavy atom. The third kappa shape index (κ3) is 3.25. The van der Waals surface area contributed by atoms with Crippen LogP contribution >= 0.6 is 11.1 Å². The minimum absolute atomic E-state index is 0.948. The first-order valence-corrected chi connectivity index (χ1v) is 8.94. The first kappa shape index (κ1) is 12.6. The Morgan fingerprint density at radius 1 is 1.13 bits per heavy atom. The van der Waals surface area contributed by atoms with Crippen molar-refractivity contribution in [2.24, 2.45) is 0 Å². The van der Waals surface area contributed by atoms with E-state index in [2.05, 4.69) is 26.8 Å². The van der Waals surface area contributed by atoms with Crippen molar-refractivity contribution in [1.82, 2.24) is 0 Å². The van der Waals surface area contributed by atoms with Gasteiger partial charge < -0.3 is 4.43 Å². The summed E-state index contributed by atoms with van der Waals surface area (Å²) in [5.74, 6) is 0.977. The van der Waals surface area contributed by atoms with E-state index in [4.69, 9.17) is 15.5 Å². The lowest BCUT2D eigenvalue weighted by atomic mass is 10.1. The van der Waals surface area contributed by atoms with Crippen LogP contribution in [0.3, 0.4) is 0 Å². The second-order valence-corrected chi connectivity index (χ2v) is 9.10. The first-order chi connectivity index (χ1) is 7.15. The summed E-state index contributed by atoms with van der Waals surface area (Å²) in [5, 5.41) is 0. The van der Waals surface area contributed by atoms with Crippen LogP contribution in [0.2, 0.25) is 12.1 Å². The molecule has 15 heavy (non-hydrogen) atoms. The average Bonchev–Trinajstić information content (AvgIpc) is 2.29. The lowest BCUT2D eigenvalue weighted by Gasteiger charge is -2.24. The summed E-state index contributed by atoms with van der Waals surface area (Å²) in [5.41, 5.74) is 1.25. The highest BCUT2D eigenvalue weighted by Gasteiger charge is 2.30. The quantitative estimate of drug-likeness (QED) is 0.551. The van der Waals surface area contributed by atoms with Crippen LogP contribution in [0.15, 0.2) is 24.3 Å². The van der Waals surface area contributed by atoms with Crippen LogP contribution < -0.4 is 4.43 Å². The molecule has 0 saturated carbocycles. The molecule has 0 spiro atoms. The zero-order valence-electron chi connectivity index (χ0n) is 9.72. The van der Waals surface area contributed by atoms with Gasteiger partial charge in [0.2, 0.25) is 0 Å². The molecule has 1 aromatic rings. The minimum atomic E-state index is -2.01. The zero-order valence-corrected chi connectivity index (χ0v) is 11.5. The summed E-state index contributed by atoms with van der Waals surface area (Å²) in [4.78, 5) is 0. The number of benzene rings is 1. The number of aryl methyl sites for hydroxylation is 1.